The van der Waals surface area contributed by atoms with E-state index in [0.29, 0.717) is 6.54 Å². The maximum atomic E-state index is 5.98. The number of hydrogen-bond donors (Lipinski definition) is 1. The van der Waals surface area contributed by atoms with Crippen LogP contribution < -0.4 is 10.5 Å². The van der Waals surface area contributed by atoms with Crippen LogP contribution in [0.25, 0.3) is 11.0 Å². The number of furan rings is 1. The third-order valence-corrected chi connectivity index (χ3v) is 4.24. The average Bonchev–Trinajstić information content (AvgIpc) is 2.67. The topological polar surface area (TPSA) is 48.4 Å². The van der Waals surface area contributed by atoms with Crippen LogP contribution in [-0.2, 0) is 5.41 Å². The fraction of sp³-hybridized carbons (Fsp3) is 0.467. The smallest absolute Gasteiger partial charge is 0.176 e. The number of aryl methyl sites for hydroxylation is 1. The van der Waals surface area contributed by atoms with Crippen molar-refractivity contribution in [3.8, 4) is 5.75 Å². The van der Waals surface area contributed by atoms with Crippen molar-refractivity contribution in [2.75, 3.05) is 13.7 Å². The van der Waals surface area contributed by atoms with Gasteiger partial charge in [0.05, 0.1) is 7.11 Å². The molecular formula is C15H19NO2. The Morgan fingerprint density at radius 2 is 2.11 bits per heavy atom. The van der Waals surface area contributed by atoms with Crippen molar-refractivity contribution in [1.82, 2.24) is 0 Å². The molecule has 1 heterocycles. The number of methoxy groups -OCH3 is 1. The Kier molecular flexibility index (Phi) is 2.59. The molecule has 1 aliphatic rings. The van der Waals surface area contributed by atoms with Gasteiger partial charge in [-0.3, -0.25) is 0 Å². The van der Waals surface area contributed by atoms with E-state index < -0.39 is 0 Å². The average molecular weight is 245 g/mol. The van der Waals surface area contributed by atoms with Crippen LogP contribution in [0.3, 0.4) is 0 Å². The van der Waals surface area contributed by atoms with Gasteiger partial charge in [-0.25, -0.2) is 0 Å². The summed E-state index contributed by atoms with van der Waals surface area (Å²) in [6, 6.07) is 6.36. The van der Waals surface area contributed by atoms with Gasteiger partial charge in [-0.05, 0) is 43.5 Å². The highest BCUT2D eigenvalue weighted by Crippen LogP contribution is 2.45. The Bertz CT molecular complexity index is 576. The van der Waals surface area contributed by atoms with Gasteiger partial charge >= 0.3 is 0 Å². The third kappa shape index (κ3) is 1.54. The second-order valence-electron chi connectivity index (χ2n) is 5.29. The van der Waals surface area contributed by atoms with Crippen LogP contribution in [0.4, 0.5) is 0 Å². The molecule has 1 aromatic heterocycles. The maximum Gasteiger partial charge on any atom is 0.176 e. The third-order valence-electron chi connectivity index (χ3n) is 4.24. The van der Waals surface area contributed by atoms with Gasteiger partial charge in [0.15, 0.2) is 11.3 Å². The second kappa shape index (κ2) is 4.02. The molecule has 0 atom stereocenters. The molecule has 1 aromatic carbocycles. The van der Waals surface area contributed by atoms with Crippen LogP contribution in [0.15, 0.2) is 22.6 Å². The molecule has 1 aliphatic carbocycles. The summed E-state index contributed by atoms with van der Waals surface area (Å²) in [5.41, 5.74) is 8.27. The summed E-state index contributed by atoms with van der Waals surface area (Å²) in [6.07, 6.45) is 3.62. The predicted octanol–water partition coefficient (Wildman–Crippen LogP) is 3.13. The number of rotatable bonds is 3. The minimum Gasteiger partial charge on any atom is -0.493 e. The van der Waals surface area contributed by atoms with E-state index in [1.54, 1.807) is 7.11 Å². The summed E-state index contributed by atoms with van der Waals surface area (Å²) < 4.78 is 11.1. The lowest BCUT2D eigenvalue weighted by Gasteiger charge is -2.41. The first kappa shape index (κ1) is 11.6. The number of hydrogen-bond acceptors (Lipinski definition) is 3. The molecule has 0 amide bonds. The van der Waals surface area contributed by atoms with Crippen LogP contribution >= 0.6 is 0 Å². The van der Waals surface area contributed by atoms with Crippen LogP contribution in [0.5, 0.6) is 5.75 Å². The highest BCUT2D eigenvalue weighted by molar-refractivity contribution is 5.85. The van der Waals surface area contributed by atoms with Gasteiger partial charge in [0.2, 0.25) is 0 Å². The van der Waals surface area contributed by atoms with Crippen LogP contribution in [0, 0.1) is 6.92 Å². The zero-order valence-corrected chi connectivity index (χ0v) is 11.0. The summed E-state index contributed by atoms with van der Waals surface area (Å²) in [4.78, 5) is 0. The highest BCUT2D eigenvalue weighted by atomic mass is 16.5. The van der Waals surface area contributed by atoms with Crippen molar-refractivity contribution in [2.45, 2.75) is 31.6 Å². The summed E-state index contributed by atoms with van der Waals surface area (Å²) in [5, 5.41) is 1.11. The molecule has 2 N–H and O–H groups in total. The standard InChI is InChI=1S/C15H19NO2/c1-10-6-11-7-12(15(9-16)4-3-5-15)8-13(17-2)14(11)18-10/h6-8H,3-5,9,16H2,1-2H3. The SMILES string of the molecule is COc1cc(C2(CN)CCC2)cc2cc(C)oc12. The van der Waals surface area contributed by atoms with Crippen molar-refractivity contribution in [2.24, 2.45) is 5.73 Å². The summed E-state index contributed by atoms with van der Waals surface area (Å²) >= 11 is 0. The molecule has 96 valence electrons. The number of nitrogens with two attached hydrogens (primary N) is 1. The number of fused-ring (bicyclic) bond motifs is 1. The molecule has 3 heteroatoms. The maximum absolute atomic E-state index is 5.98. The van der Waals surface area contributed by atoms with E-state index >= 15 is 0 Å². The minimum absolute atomic E-state index is 0.159. The Labute approximate surface area is 107 Å². The van der Waals surface area contributed by atoms with Crippen LogP contribution in [-0.4, -0.2) is 13.7 Å². The van der Waals surface area contributed by atoms with Gasteiger partial charge in [-0.15, -0.1) is 0 Å². The summed E-state index contributed by atoms with van der Waals surface area (Å²) in [5.74, 6) is 1.73. The van der Waals surface area contributed by atoms with Crippen LogP contribution in [0.1, 0.15) is 30.6 Å². The monoisotopic (exact) mass is 245 g/mol. The zero-order chi connectivity index (χ0) is 12.8. The molecule has 18 heavy (non-hydrogen) atoms. The molecule has 0 unspecified atom stereocenters. The van der Waals surface area contributed by atoms with E-state index in [2.05, 4.69) is 18.2 Å². The molecule has 1 fully saturated rings. The van der Waals surface area contributed by atoms with Gasteiger partial charge in [0.1, 0.15) is 5.76 Å². The van der Waals surface area contributed by atoms with E-state index in [4.69, 9.17) is 14.9 Å². The Morgan fingerprint density at radius 1 is 1.33 bits per heavy atom. The Hall–Kier alpha value is -1.48. The molecule has 0 bridgehead atoms. The molecule has 3 rings (SSSR count). The molecule has 0 saturated heterocycles. The van der Waals surface area contributed by atoms with Gasteiger partial charge in [-0.2, -0.15) is 0 Å². The number of benzene rings is 1. The molecule has 0 radical (unpaired) electrons. The van der Waals surface area contributed by atoms with Crippen molar-refractivity contribution in [1.29, 1.82) is 0 Å². The Balaban J connectivity index is 2.18. The van der Waals surface area contributed by atoms with E-state index in [0.717, 1.165) is 22.5 Å². The normalized spacial score (nSPS) is 17.7. The highest BCUT2D eigenvalue weighted by Gasteiger charge is 2.38. The largest absolute Gasteiger partial charge is 0.493 e. The molecule has 0 aliphatic heterocycles. The Morgan fingerprint density at radius 3 is 2.67 bits per heavy atom. The lowest BCUT2D eigenvalue weighted by molar-refractivity contribution is 0.252. The molecule has 3 nitrogen and oxygen atoms in total. The lowest BCUT2D eigenvalue weighted by Crippen LogP contribution is -2.41. The van der Waals surface area contributed by atoms with E-state index in [1.165, 1.54) is 24.8 Å². The first-order chi connectivity index (χ1) is 8.68. The van der Waals surface area contributed by atoms with Gasteiger partial charge < -0.3 is 14.9 Å². The first-order valence-electron chi connectivity index (χ1n) is 6.47. The minimum atomic E-state index is 0.159. The molecule has 0 spiro atoms. The van der Waals surface area contributed by atoms with Crippen molar-refractivity contribution in [3.63, 3.8) is 0 Å². The fourth-order valence-electron chi connectivity index (χ4n) is 2.92. The zero-order valence-electron chi connectivity index (χ0n) is 11.0. The molecule has 1 saturated carbocycles. The van der Waals surface area contributed by atoms with Crippen LogP contribution in [0.2, 0.25) is 0 Å². The summed E-state index contributed by atoms with van der Waals surface area (Å²) in [7, 11) is 1.69. The van der Waals surface area contributed by atoms with Gasteiger partial charge in [-0.1, -0.05) is 6.42 Å². The van der Waals surface area contributed by atoms with E-state index in [1.807, 2.05) is 6.92 Å². The quantitative estimate of drug-likeness (QED) is 0.903. The summed E-state index contributed by atoms with van der Waals surface area (Å²) in [6.45, 7) is 2.67. The molecule has 2 aromatic rings. The van der Waals surface area contributed by atoms with Gasteiger partial charge in [0, 0.05) is 17.3 Å². The number of ether oxygens (including phenoxy) is 1. The molecular weight excluding hydrogens is 226 g/mol. The first-order valence-corrected chi connectivity index (χ1v) is 6.47. The fourth-order valence-corrected chi connectivity index (χ4v) is 2.92. The lowest BCUT2D eigenvalue weighted by atomic mass is 9.64. The van der Waals surface area contributed by atoms with Crippen molar-refractivity contribution < 1.29 is 9.15 Å². The van der Waals surface area contributed by atoms with E-state index in [9.17, 15) is 0 Å². The van der Waals surface area contributed by atoms with Crippen molar-refractivity contribution >= 4 is 11.0 Å². The van der Waals surface area contributed by atoms with Gasteiger partial charge in [0.25, 0.3) is 0 Å². The predicted molar refractivity (Wildman–Crippen MR) is 72.1 cm³/mol. The van der Waals surface area contributed by atoms with E-state index in [-0.39, 0.29) is 5.41 Å². The second-order valence-corrected chi connectivity index (χ2v) is 5.29. The van der Waals surface area contributed by atoms with Crippen molar-refractivity contribution in [3.05, 3.63) is 29.5 Å².